The van der Waals surface area contributed by atoms with Crippen LogP contribution in [0.25, 0.3) is 0 Å². The fourth-order valence-corrected chi connectivity index (χ4v) is 53.1. The smallest absolute Gasteiger partial charge is 0.0679 e. The van der Waals surface area contributed by atoms with Gasteiger partial charge in [0.05, 0.1) is 4.08 Å². The van der Waals surface area contributed by atoms with E-state index in [1.54, 1.807) is 0 Å². The standard InChI is InChI=1S/C21H48S7/c1-11-15-17-25-28(23-14-4,24-16-12-2,27-20(7)8,26-18-19(5)6)21(9,13-3)22-10/h19-20H,11-18H2,1-10H3. The molecule has 0 fully saturated rings. The molecule has 0 N–H and O–H groups in total. The van der Waals surface area contributed by atoms with Crippen molar-refractivity contribution in [2.45, 2.75) is 97.3 Å². The largest absolute Gasteiger partial charge is 0.147 e. The fourth-order valence-electron chi connectivity index (χ4n) is 3.11. The monoisotopic (exact) mass is 524 g/mol. The minimum absolute atomic E-state index is 0.257. The first-order valence-corrected chi connectivity index (χ1v) is 22.0. The van der Waals surface area contributed by atoms with Crippen LogP contribution in [0.4, 0.5) is 0 Å². The van der Waals surface area contributed by atoms with Gasteiger partial charge in [-0.05, 0) is 38.4 Å². The van der Waals surface area contributed by atoms with Gasteiger partial charge in [-0.15, -0.1) is 11.8 Å². The van der Waals surface area contributed by atoms with Crippen LogP contribution in [0.2, 0.25) is 0 Å². The van der Waals surface area contributed by atoms with E-state index in [2.05, 4.69) is 134 Å². The van der Waals surface area contributed by atoms with Crippen LogP contribution in [0.15, 0.2) is 0 Å². The SMILES string of the molecule is CCCCSS(SCC)(SCCC)(SCC(C)C)(SC(C)C)C(C)(CC)SC. The van der Waals surface area contributed by atoms with Crippen LogP contribution < -0.4 is 0 Å². The van der Waals surface area contributed by atoms with Crippen molar-refractivity contribution in [3.05, 3.63) is 0 Å². The molecule has 0 amide bonds. The first kappa shape index (κ1) is 30.4. The Balaban J connectivity index is 7.13. The van der Waals surface area contributed by atoms with E-state index >= 15 is 0 Å². The third kappa shape index (κ3) is 6.07. The van der Waals surface area contributed by atoms with Gasteiger partial charge in [0.15, 0.2) is 0 Å². The molecule has 0 rings (SSSR count). The second-order valence-corrected chi connectivity index (χ2v) is 38.7. The molecule has 0 aliphatic carbocycles. The molecule has 0 heterocycles. The summed E-state index contributed by atoms with van der Waals surface area (Å²) in [6.07, 6.45) is 7.52. The summed E-state index contributed by atoms with van der Waals surface area (Å²) in [4.78, 5) is 0. The normalized spacial score (nSPS) is 17.6. The lowest BCUT2D eigenvalue weighted by molar-refractivity contribution is 0.752. The summed E-state index contributed by atoms with van der Waals surface area (Å²) in [7, 11) is 12.1. The highest BCUT2D eigenvalue weighted by atomic mass is 34.4. The molecule has 1 atom stereocenters. The van der Waals surface area contributed by atoms with Crippen LogP contribution in [0.1, 0.15) is 88.0 Å². The average Bonchev–Trinajstić information content (AvgIpc) is 2.64. The maximum absolute atomic E-state index is 2.77. The van der Waals surface area contributed by atoms with Crippen LogP contribution in [-0.4, -0.2) is 38.6 Å². The molecule has 0 radical (unpaired) electrons. The molecule has 0 aromatic heterocycles. The van der Waals surface area contributed by atoms with Crippen molar-refractivity contribution in [3.63, 3.8) is 0 Å². The van der Waals surface area contributed by atoms with Gasteiger partial charge >= 0.3 is 0 Å². The Morgan fingerprint density at radius 2 is 1.43 bits per heavy atom. The second-order valence-electron chi connectivity index (χ2n) is 8.02. The van der Waals surface area contributed by atoms with Gasteiger partial charge in [-0.3, -0.25) is 0 Å². The molecule has 0 aromatic rings. The molecular weight excluding hydrogens is 477 g/mol. The van der Waals surface area contributed by atoms with Gasteiger partial charge in [0.2, 0.25) is 0 Å². The quantitative estimate of drug-likeness (QED) is 0.136. The highest BCUT2D eigenvalue weighted by Crippen LogP contribution is 3.27. The maximum Gasteiger partial charge on any atom is 0.0679 e. The minimum atomic E-state index is -2.77. The maximum atomic E-state index is 2.63. The molecule has 0 bridgehead atoms. The summed E-state index contributed by atoms with van der Waals surface area (Å²) in [5, 5.41) is 0.636. The van der Waals surface area contributed by atoms with Gasteiger partial charge in [-0.25, -0.2) is 0 Å². The van der Waals surface area contributed by atoms with Crippen LogP contribution in [0.3, 0.4) is 0 Å². The van der Waals surface area contributed by atoms with Crippen LogP contribution >= 0.6 is 69.2 Å². The summed E-state index contributed by atoms with van der Waals surface area (Å²) in [6, 6.07) is 0. The van der Waals surface area contributed by atoms with Crippen LogP contribution in [0, 0.1) is 5.92 Å². The van der Waals surface area contributed by atoms with Gasteiger partial charge in [-0.2, -0.15) is 0 Å². The van der Waals surface area contributed by atoms with Crippen LogP contribution in [0.5, 0.6) is 0 Å². The zero-order valence-corrected chi connectivity index (χ0v) is 25.9. The van der Waals surface area contributed by atoms with Crippen molar-refractivity contribution in [1.29, 1.82) is 0 Å². The van der Waals surface area contributed by atoms with Gasteiger partial charge < -0.3 is 0 Å². The molecule has 0 aromatic carbocycles. The van der Waals surface area contributed by atoms with E-state index < -0.39 is 3.45 Å². The summed E-state index contributed by atoms with van der Waals surface area (Å²) < 4.78 is -2.51. The summed E-state index contributed by atoms with van der Waals surface area (Å²) in [5.41, 5.74) is 0. The van der Waals surface area contributed by atoms with Crippen molar-refractivity contribution >= 4 is 69.2 Å². The number of hydrogen-bond donors (Lipinski definition) is 0. The Hall–Kier alpha value is 2.45. The zero-order chi connectivity index (χ0) is 22.0. The Morgan fingerprint density at radius 3 is 1.82 bits per heavy atom. The lowest BCUT2D eigenvalue weighted by Gasteiger charge is -2.83. The van der Waals surface area contributed by atoms with Gasteiger partial charge in [-0.1, -0.05) is 119 Å². The topological polar surface area (TPSA) is 0 Å². The number of rotatable bonds is 17. The molecule has 0 aliphatic heterocycles. The van der Waals surface area contributed by atoms with Crippen molar-refractivity contribution in [3.8, 4) is 0 Å². The van der Waals surface area contributed by atoms with E-state index in [-0.39, 0.29) is 4.08 Å². The van der Waals surface area contributed by atoms with Crippen molar-refractivity contribution < 1.29 is 0 Å². The lowest BCUT2D eigenvalue weighted by Crippen LogP contribution is -2.41. The number of thioether (sulfide) groups is 1. The van der Waals surface area contributed by atoms with Crippen molar-refractivity contribution in [2.24, 2.45) is 5.92 Å². The zero-order valence-electron chi connectivity index (χ0n) is 20.2. The first-order valence-electron chi connectivity index (χ1n) is 10.9. The highest BCUT2D eigenvalue weighted by Gasteiger charge is 2.73. The summed E-state index contributed by atoms with van der Waals surface area (Å²) >= 11 is 2.17. The van der Waals surface area contributed by atoms with Crippen molar-refractivity contribution in [2.75, 3.05) is 29.3 Å². The molecule has 0 saturated carbocycles. The molecular formula is C21H48S7. The van der Waals surface area contributed by atoms with Crippen molar-refractivity contribution in [1.82, 2.24) is 0 Å². The van der Waals surface area contributed by atoms with E-state index in [0.717, 1.165) is 5.92 Å². The molecule has 0 aliphatic rings. The Morgan fingerprint density at radius 1 is 0.821 bits per heavy atom. The molecule has 174 valence electrons. The van der Waals surface area contributed by atoms with Gasteiger partial charge in [0.25, 0.3) is 0 Å². The number of hydrogen-bond acceptors (Lipinski definition) is 6. The number of unbranched alkanes of at least 4 members (excludes halogenated alkanes) is 1. The lowest BCUT2D eigenvalue weighted by atomic mass is 10.3. The third-order valence-corrected chi connectivity index (χ3v) is 48.9. The van der Waals surface area contributed by atoms with Crippen LogP contribution in [-0.2, 0) is 0 Å². The Kier molecular flexibility index (Phi) is 13.7. The van der Waals surface area contributed by atoms with E-state index in [1.807, 2.05) is 0 Å². The molecule has 0 nitrogen and oxygen atoms in total. The van der Waals surface area contributed by atoms with E-state index in [4.69, 9.17) is 0 Å². The molecule has 0 spiro atoms. The third-order valence-electron chi connectivity index (χ3n) is 4.75. The van der Waals surface area contributed by atoms with Gasteiger partial charge in [0, 0.05) is 28.3 Å². The molecule has 28 heavy (non-hydrogen) atoms. The first-order chi connectivity index (χ1) is 13.0. The minimum Gasteiger partial charge on any atom is -0.147 e. The average molecular weight is 525 g/mol. The Bertz CT molecular complexity index is 452. The highest BCUT2D eigenvalue weighted by molar-refractivity contribution is 9.98. The second kappa shape index (κ2) is 12.6. The molecule has 1 unspecified atom stereocenters. The summed E-state index contributed by atoms with van der Waals surface area (Å²) in [5.74, 6) is 5.76. The predicted molar refractivity (Wildman–Crippen MR) is 158 cm³/mol. The Labute approximate surface area is 200 Å². The van der Waals surface area contributed by atoms with E-state index in [1.165, 1.54) is 48.7 Å². The van der Waals surface area contributed by atoms with E-state index in [9.17, 15) is 0 Å². The molecule has 0 saturated heterocycles. The summed E-state index contributed by atoms with van der Waals surface area (Å²) in [6.45, 7) is 21.9. The molecule has 7 heteroatoms. The van der Waals surface area contributed by atoms with Gasteiger partial charge in [0.1, 0.15) is 0 Å². The van der Waals surface area contributed by atoms with E-state index in [0.29, 0.717) is 5.25 Å². The fraction of sp³-hybridized carbons (Fsp3) is 1.00. The predicted octanol–water partition coefficient (Wildman–Crippen LogP) is 10.9.